The Balaban J connectivity index is 3.18. The molecule has 22 heavy (non-hydrogen) atoms. The molecule has 1 atom stereocenters. The largest absolute Gasteiger partial charge is 0.472 e. The third-order valence-electron chi connectivity index (χ3n) is 3.93. The van der Waals surface area contributed by atoms with Gasteiger partial charge in [0.2, 0.25) is 0 Å². The van der Waals surface area contributed by atoms with Gasteiger partial charge in [-0.05, 0) is 12.8 Å². The fraction of sp³-hybridized carbons (Fsp3) is 0.842. The normalized spacial score (nSPS) is 11.7. The van der Waals surface area contributed by atoms with Crippen molar-refractivity contribution in [1.82, 2.24) is 0 Å². The van der Waals surface area contributed by atoms with Crippen LogP contribution in [0.1, 0.15) is 96.8 Å². The molecule has 0 aliphatic heterocycles. The van der Waals surface area contributed by atoms with E-state index >= 15 is 0 Å². The van der Waals surface area contributed by atoms with Gasteiger partial charge in [-0.3, -0.25) is 0 Å². The zero-order valence-electron chi connectivity index (χ0n) is 14.3. The van der Waals surface area contributed by atoms with Crippen molar-refractivity contribution in [3.05, 3.63) is 0 Å². The van der Waals surface area contributed by atoms with Crippen molar-refractivity contribution in [1.29, 1.82) is 0 Å². The quantitative estimate of drug-likeness (QED) is 0.354. The highest BCUT2D eigenvalue weighted by atomic mass is 16.4. The Morgan fingerprint density at radius 3 is 1.64 bits per heavy atom. The SMILES string of the molecule is CCCCCCCCCCCCCCC[C@H](O)C#CC(=O)O. The second kappa shape index (κ2) is 16.4. The van der Waals surface area contributed by atoms with Crippen molar-refractivity contribution in [2.45, 2.75) is 103 Å². The van der Waals surface area contributed by atoms with E-state index in [1.165, 1.54) is 70.6 Å². The number of unbranched alkanes of at least 4 members (excludes halogenated alkanes) is 12. The van der Waals surface area contributed by atoms with E-state index in [1.807, 2.05) is 5.92 Å². The number of carboxylic acids is 1. The molecule has 0 aliphatic carbocycles. The minimum atomic E-state index is -1.18. The molecule has 0 radical (unpaired) electrons. The van der Waals surface area contributed by atoms with Crippen LogP contribution in [0.5, 0.6) is 0 Å². The minimum absolute atomic E-state index is 0.581. The maximum Gasteiger partial charge on any atom is 0.381 e. The second-order valence-electron chi connectivity index (χ2n) is 6.12. The molecule has 0 unspecified atom stereocenters. The molecule has 0 saturated heterocycles. The fourth-order valence-electron chi connectivity index (χ4n) is 2.57. The van der Waals surface area contributed by atoms with Crippen molar-refractivity contribution in [3.63, 3.8) is 0 Å². The van der Waals surface area contributed by atoms with Crippen LogP contribution in [0, 0.1) is 11.8 Å². The van der Waals surface area contributed by atoms with Gasteiger partial charge in [0.1, 0.15) is 6.10 Å². The molecule has 0 aromatic heterocycles. The van der Waals surface area contributed by atoms with E-state index in [4.69, 9.17) is 5.11 Å². The van der Waals surface area contributed by atoms with E-state index in [1.54, 1.807) is 0 Å². The Bertz CT molecular complexity index is 314. The third-order valence-corrected chi connectivity index (χ3v) is 3.93. The van der Waals surface area contributed by atoms with Crippen molar-refractivity contribution < 1.29 is 15.0 Å². The van der Waals surface area contributed by atoms with Gasteiger partial charge in [0.05, 0.1) is 0 Å². The van der Waals surface area contributed by atoms with Gasteiger partial charge >= 0.3 is 5.97 Å². The fourth-order valence-corrected chi connectivity index (χ4v) is 2.57. The molecule has 0 rings (SSSR count). The van der Waals surface area contributed by atoms with E-state index in [0.717, 1.165) is 12.8 Å². The summed E-state index contributed by atoms with van der Waals surface area (Å²) in [5.41, 5.74) is 0. The van der Waals surface area contributed by atoms with Crippen molar-refractivity contribution in [2.75, 3.05) is 0 Å². The summed E-state index contributed by atoms with van der Waals surface area (Å²) >= 11 is 0. The van der Waals surface area contributed by atoms with Crippen LogP contribution in [0.15, 0.2) is 0 Å². The third kappa shape index (κ3) is 17.0. The van der Waals surface area contributed by atoms with E-state index in [9.17, 15) is 9.90 Å². The van der Waals surface area contributed by atoms with Gasteiger partial charge in [0.25, 0.3) is 0 Å². The molecule has 0 spiro atoms. The predicted octanol–water partition coefficient (Wildman–Crippen LogP) is 4.92. The molecule has 2 N–H and O–H groups in total. The van der Waals surface area contributed by atoms with Crippen LogP contribution in [0.25, 0.3) is 0 Å². The van der Waals surface area contributed by atoms with Gasteiger partial charge in [-0.15, -0.1) is 0 Å². The van der Waals surface area contributed by atoms with Crippen molar-refractivity contribution >= 4 is 5.97 Å². The average Bonchev–Trinajstić information content (AvgIpc) is 2.49. The highest BCUT2D eigenvalue weighted by Gasteiger charge is 1.99. The van der Waals surface area contributed by atoms with Gasteiger partial charge in [-0.2, -0.15) is 0 Å². The number of carbonyl (C=O) groups is 1. The Kier molecular flexibility index (Phi) is 15.6. The molecule has 3 heteroatoms. The molecule has 0 saturated carbocycles. The summed E-state index contributed by atoms with van der Waals surface area (Å²) < 4.78 is 0. The molecule has 0 fully saturated rings. The predicted molar refractivity (Wildman–Crippen MR) is 91.7 cm³/mol. The van der Waals surface area contributed by atoms with E-state index in [0.29, 0.717) is 6.42 Å². The molecule has 0 aromatic carbocycles. The number of aliphatic carboxylic acids is 1. The van der Waals surface area contributed by atoms with Crippen LogP contribution in [0.2, 0.25) is 0 Å². The molecular weight excluding hydrogens is 276 g/mol. The van der Waals surface area contributed by atoms with Crippen LogP contribution in [0.4, 0.5) is 0 Å². The van der Waals surface area contributed by atoms with Crippen LogP contribution < -0.4 is 0 Å². The maximum absolute atomic E-state index is 10.2. The summed E-state index contributed by atoms with van der Waals surface area (Å²) in [4.78, 5) is 10.2. The standard InChI is InChI=1S/C19H34O3/c1-2-3-4-5-6-7-8-9-10-11-12-13-14-15-18(20)16-17-19(21)22/h18,20H,2-15H2,1H3,(H,21,22)/t18-/m0/s1. The number of aliphatic hydroxyl groups excluding tert-OH is 1. The Morgan fingerprint density at radius 1 is 0.818 bits per heavy atom. The second-order valence-corrected chi connectivity index (χ2v) is 6.12. The van der Waals surface area contributed by atoms with Crippen molar-refractivity contribution in [3.8, 4) is 11.8 Å². The monoisotopic (exact) mass is 310 g/mol. The van der Waals surface area contributed by atoms with Crippen LogP contribution in [0.3, 0.4) is 0 Å². The molecule has 128 valence electrons. The van der Waals surface area contributed by atoms with E-state index in [2.05, 4.69) is 12.8 Å². The van der Waals surface area contributed by atoms with Gasteiger partial charge in [-0.1, -0.05) is 89.9 Å². The highest BCUT2D eigenvalue weighted by molar-refractivity contribution is 5.86. The first-order valence-corrected chi connectivity index (χ1v) is 9.09. The first kappa shape index (κ1) is 21.0. The summed E-state index contributed by atoms with van der Waals surface area (Å²) in [6, 6.07) is 0. The number of carboxylic acid groups (broad SMARTS) is 1. The number of aliphatic hydroxyl groups is 1. The number of hydrogen-bond acceptors (Lipinski definition) is 2. The molecule has 0 heterocycles. The lowest BCUT2D eigenvalue weighted by Gasteiger charge is -2.04. The van der Waals surface area contributed by atoms with E-state index in [-0.39, 0.29) is 0 Å². The zero-order chi connectivity index (χ0) is 16.5. The average molecular weight is 310 g/mol. The van der Waals surface area contributed by atoms with Crippen molar-refractivity contribution in [2.24, 2.45) is 0 Å². The van der Waals surface area contributed by atoms with Gasteiger partial charge in [-0.25, -0.2) is 4.79 Å². The summed E-state index contributed by atoms with van der Waals surface area (Å²) in [6.45, 7) is 2.25. The van der Waals surface area contributed by atoms with Gasteiger partial charge in [0, 0.05) is 5.92 Å². The topological polar surface area (TPSA) is 57.5 Å². The maximum atomic E-state index is 10.2. The summed E-state index contributed by atoms with van der Waals surface area (Å²) in [6.07, 6.45) is 16.6. The van der Waals surface area contributed by atoms with Crippen LogP contribution in [-0.2, 0) is 4.79 Å². The minimum Gasteiger partial charge on any atom is -0.472 e. The Morgan fingerprint density at radius 2 is 1.23 bits per heavy atom. The molecular formula is C19H34O3. The first-order valence-electron chi connectivity index (χ1n) is 9.09. The highest BCUT2D eigenvalue weighted by Crippen LogP contribution is 2.13. The smallest absolute Gasteiger partial charge is 0.381 e. The lowest BCUT2D eigenvalue weighted by atomic mass is 10.0. The molecule has 3 nitrogen and oxygen atoms in total. The molecule has 0 aromatic rings. The number of rotatable bonds is 14. The zero-order valence-corrected chi connectivity index (χ0v) is 14.3. The lowest BCUT2D eigenvalue weighted by molar-refractivity contribution is -0.130. The first-order chi connectivity index (χ1) is 10.7. The summed E-state index contributed by atoms with van der Waals surface area (Å²) in [7, 11) is 0. The summed E-state index contributed by atoms with van der Waals surface area (Å²) in [5, 5.41) is 17.8. The van der Waals surface area contributed by atoms with E-state index < -0.39 is 12.1 Å². The Labute approximate surface area is 136 Å². The van der Waals surface area contributed by atoms with Gasteiger partial charge in [0.15, 0.2) is 0 Å². The van der Waals surface area contributed by atoms with Crippen LogP contribution >= 0.6 is 0 Å². The molecule has 0 aliphatic rings. The van der Waals surface area contributed by atoms with Gasteiger partial charge < -0.3 is 10.2 Å². The molecule has 0 bridgehead atoms. The Hall–Kier alpha value is -1.01. The lowest BCUT2D eigenvalue weighted by Crippen LogP contribution is -2.03. The molecule has 0 amide bonds. The number of hydrogen-bond donors (Lipinski definition) is 2. The summed E-state index contributed by atoms with van der Waals surface area (Å²) in [5.74, 6) is 3.11. The van der Waals surface area contributed by atoms with Crippen LogP contribution in [-0.4, -0.2) is 22.3 Å².